The molecule has 3 rings (SSSR count). The number of benzene rings is 1. The average Bonchev–Trinajstić information content (AvgIpc) is 2.89. The van der Waals surface area contributed by atoms with Gasteiger partial charge in [-0.05, 0) is 103 Å². The minimum atomic E-state index is -0.0151. The molecule has 0 amide bonds. The van der Waals surface area contributed by atoms with Gasteiger partial charge >= 0.3 is 0 Å². The summed E-state index contributed by atoms with van der Waals surface area (Å²) in [5.41, 5.74) is 14.7. The average molecular weight is 438 g/mol. The molecular weight excluding hydrogens is 404 g/mol. The number of hydrogen-bond acceptors (Lipinski definition) is 0. The third-order valence-corrected chi connectivity index (χ3v) is 8.38. The largest absolute Gasteiger partial charge is 0.0619 e. The van der Waals surface area contributed by atoms with Gasteiger partial charge in [-0.1, -0.05) is 46.6 Å². The summed E-state index contributed by atoms with van der Waals surface area (Å²) in [6.45, 7) is 23.3. The molecule has 142 valence electrons. The zero-order valence-corrected chi connectivity index (χ0v) is 21.3. The summed E-state index contributed by atoms with van der Waals surface area (Å²) in [6.07, 6.45) is 0. The van der Waals surface area contributed by atoms with Gasteiger partial charge in [0.2, 0.25) is 0 Å². The third-order valence-electron chi connectivity index (χ3n) is 8.38. The van der Waals surface area contributed by atoms with Crippen molar-refractivity contribution < 1.29 is 26.2 Å². The molecule has 0 aromatic heterocycles. The van der Waals surface area contributed by atoms with Crippen LogP contribution in [-0.4, -0.2) is 0 Å². The molecule has 1 heteroatoms. The molecule has 0 heterocycles. The maximum Gasteiger partial charge on any atom is 0.0351 e. The van der Waals surface area contributed by atoms with Gasteiger partial charge in [-0.3, -0.25) is 0 Å². The van der Waals surface area contributed by atoms with Crippen LogP contribution in [0.15, 0.2) is 68.9 Å². The van der Waals surface area contributed by atoms with Crippen molar-refractivity contribution in [3.8, 4) is 0 Å². The Morgan fingerprint density at radius 2 is 0.704 bits per heavy atom. The Hall–Kier alpha value is -0.937. The van der Waals surface area contributed by atoms with Crippen molar-refractivity contribution in [1.82, 2.24) is 0 Å². The van der Waals surface area contributed by atoms with Gasteiger partial charge < -0.3 is 0 Å². The van der Waals surface area contributed by atoms with E-state index in [-0.39, 0.29) is 37.0 Å². The zero-order valence-electron chi connectivity index (χ0n) is 18.8. The van der Waals surface area contributed by atoms with Gasteiger partial charge in [0.1, 0.15) is 0 Å². The van der Waals surface area contributed by atoms with Gasteiger partial charge in [-0.25, -0.2) is 0 Å². The number of allylic oxidation sites excluding steroid dienone is 8. The SMILES string of the molecule is CC1=C(C)C(C)(c2ccccc2C2(C)C(C)=C(C)C(C)=C2C)C(C)=C1C.[Zr]. The van der Waals surface area contributed by atoms with E-state index in [9.17, 15) is 0 Å². The molecule has 2 aliphatic rings. The second kappa shape index (κ2) is 7.15. The van der Waals surface area contributed by atoms with Crippen LogP contribution < -0.4 is 0 Å². The monoisotopic (exact) mass is 436 g/mol. The van der Waals surface area contributed by atoms with Crippen LogP contribution in [0.3, 0.4) is 0 Å². The Bertz CT molecular complexity index is 806. The van der Waals surface area contributed by atoms with Crippen molar-refractivity contribution in [3.63, 3.8) is 0 Å². The van der Waals surface area contributed by atoms with Crippen molar-refractivity contribution in [2.75, 3.05) is 0 Å². The van der Waals surface area contributed by atoms with E-state index < -0.39 is 0 Å². The predicted octanol–water partition coefficient (Wildman–Crippen LogP) is 7.57. The van der Waals surface area contributed by atoms with Crippen molar-refractivity contribution in [3.05, 3.63) is 80.0 Å². The first-order chi connectivity index (χ1) is 12.0. The quantitative estimate of drug-likeness (QED) is 0.447. The minimum absolute atomic E-state index is 0. The Kier molecular flexibility index (Phi) is 5.92. The Morgan fingerprint density at radius 3 is 0.926 bits per heavy atom. The molecule has 2 aliphatic carbocycles. The van der Waals surface area contributed by atoms with Crippen LogP contribution in [0.5, 0.6) is 0 Å². The molecule has 0 bridgehead atoms. The first-order valence-corrected chi connectivity index (χ1v) is 9.83. The molecular formula is C26H34Zr. The van der Waals surface area contributed by atoms with Crippen LogP contribution >= 0.6 is 0 Å². The van der Waals surface area contributed by atoms with Crippen LogP contribution in [0.1, 0.15) is 80.4 Å². The summed E-state index contributed by atoms with van der Waals surface area (Å²) in [7, 11) is 0. The topological polar surface area (TPSA) is 0 Å². The maximum atomic E-state index is 2.42. The van der Waals surface area contributed by atoms with E-state index in [0.29, 0.717) is 0 Å². The van der Waals surface area contributed by atoms with E-state index in [4.69, 9.17) is 0 Å². The first kappa shape index (κ1) is 22.4. The van der Waals surface area contributed by atoms with Crippen molar-refractivity contribution in [2.24, 2.45) is 0 Å². The summed E-state index contributed by atoms with van der Waals surface area (Å²) in [5, 5.41) is 0. The van der Waals surface area contributed by atoms with E-state index in [2.05, 4.69) is 93.5 Å². The fourth-order valence-corrected chi connectivity index (χ4v) is 5.35. The third kappa shape index (κ3) is 2.72. The standard InChI is InChI=1S/C26H34.Zr/c1-15-16(2)20(6)25(9,19(15)5)23-13-11-12-14-24(23)26(10)21(7)17(3)18(4)22(26)8;/h11-14H,1-10H3;. The van der Waals surface area contributed by atoms with E-state index in [1.54, 1.807) is 0 Å². The van der Waals surface area contributed by atoms with Crippen LogP contribution in [0.4, 0.5) is 0 Å². The second-order valence-electron chi connectivity index (χ2n) is 8.80. The van der Waals surface area contributed by atoms with Crippen molar-refractivity contribution in [2.45, 2.75) is 80.1 Å². The summed E-state index contributed by atoms with van der Waals surface area (Å²) in [4.78, 5) is 0. The second-order valence-corrected chi connectivity index (χ2v) is 8.80. The van der Waals surface area contributed by atoms with Crippen molar-refractivity contribution >= 4 is 0 Å². The van der Waals surface area contributed by atoms with Gasteiger partial charge in [-0.2, -0.15) is 0 Å². The molecule has 1 aromatic rings. The van der Waals surface area contributed by atoms with Crippen LogP contribution in [-0.2, 0) is 37.0 Å². The van der Waals surface area contributed by atoms with Gasteiger partial charge in [0.25, 0.3) is 0 Å². The molecule has 0 spiro atoms. The van der Waals surface area contributed by atoms with Gasteiger partial charge in [0, 0.05) is 37.0 Å². The Morgan fingerprint density at radius 1 is 0.481 bits per heavy atom. The van der Waals surface area contributed by atoms with E-state index in [0.717, 1.165) is 0 Å². The van der Waals surface area contributed by atoms with Crippen molar-refractivity contribution in [1.29, 1.82) is 0 Å². The first-order valence-electron chi connectivity index (χ1n) is 9.83. The minimum Gasteiger partial charge on any atom is -0.0619 e. The fraction of sp³-hybridized carbons (Fsp3) is 0.462. The molecule has 0 fully saturated rings. The Labute approximate surface area is 185 Å². The van der Waals surface area contributed by atoms with E-state index >= 15 is 0 Å². The fourth-order valence-electron chi connectivity index (χ4n) is 5.35. The summed E-state index contributed by atoms with van der Waals surface area (Å²) in [5.74, 6) is 0. The van der Waals surface area contributed by atoms with Gasteiger partial charge in [-0.15, -0.1) is 0 Å². The van der Waals surface area contributed by atoms with Gasteiger partial charge in [0.05, 0.1) is 0 Å². The molecule has 0 unspecified atom stereocenters. The molecule has 0 nitrogen and oxygen atoms in total. The van der Waals surface area contributed by atoms with Gasteiger partial charge in [0.15, 0.2) is 0 Å². The molecule has 0 saturated heterocycles. The molecule has 0 aliphatic heterocycles. The van der Waals surface area contributed by atoms with Crippen LogP contribution in [0.2, 0.25) is 0 Å². The summed E-state index contributed by atoms with van der Waals surface area (Å²) >= 11 is 0. The molecule has 0 saturated carbocycles. The van der Waals surface area contributed by atoms with Crippen LogP contribution in [0, 0.1) is 0 Å². The Balaban J connectivity index is 0.00000261. The number of rotatable bonds is 2. The molecule has 0 atom stereocenters. The molecule has 27 heavy (non-hydrogen) atoms. The maximum absolute atomic E-state index is 2.42. The molecule has 0 N–H and O–H groups in total. The number of hydrogen-bond donors (Lipinski definition) is 0. The van der Waals surface area contributed by atoms with Crippen LogP contribution in [0.25, 0.3) is 0 Å². The van der Waals surface area contributed by atoms with E-state index in [1.807, 2.05) is 0 Å². The van der Waals surface area contributed by atoms with E-state index in [1.165, 1.54) is 55.7 Å². The smallest absolute Gasteiger partial charge is 0.0351 e. The normalized spacial score (nSPS) is 21.4. The molecule has 0 radical (unpaired) electrons. The summed E-state index contributed by atoms with van der Waals surface area (Å²) < 4.78 is 0. The summed E-state index contributed by atoms with van der Waals surface area (Å²) in [6, 6.07) is 9.15. The zero-order chi connectivity index (χ0) is 19.6. The predicted molar refractivity (Wildman–Crippen MR) is 115 cm³/mol. The molecule has 1 aromatic carbocycles.